The Kier molecular flexibility index (Phi) is 4.49. The van der Waals surface area contributed by atoms with Gasteiger partial charge in [0.25, 0.3) is 11.6 Å². The number of nitro benzene ring substituents is 1. The molecule has 2 rings (SSSR count). The summed E-state index contributed by atoms with van der Waals surface area (Å²) in [6.07, 6.45) is 1.55. The summed E-state index contributed by atoms with van der Waals surface area (Å²) in [5, 5.41) is 16.2. The molecule has 0 fully saturated rings. The lowest BCUT2D eigenvalue weighted by Crippen LogP contribution is -2.14. The number of nitrogens with zero attached hydrogens (tertiary/aromatic N) is 2. The second-order valence-electron chi connectivity index (χ2n) is 4.03. The van der Waals surface area contributed by atoms with Crippen LogP contribution in [0.3, 0.4) is 0 Å². The van der Waals surface area contributed by atoms with Crippen LogP contribution < -0.4 is 10.6 Å². The van der Waals surface area contributed by atoms with Gasteiger partial charge in [-0.1, -0.05) is 0 Å². The normalized spacial score (nSPS) is 10.0. The van der Waals surface area contributed by atoms with E-state index in [4.69, 9.17) is 0 Å². The Bertz CT molecular complexity index is 706. The van der Waals surface area contributed by atoms with Crippen LogP contribution in [0, 0.1) is 10.1 Å². The highest BCUT2D eigenvalue weighted by atomic mass is 79.9. The smallest absolute Gasteiger partial charge is 0.292 e. The number of aromatic nitrogens is 1. The molecule has 0 saturated carbocycles. The summed E-state index contributed by atoms with van der Waals surface area (Å²) in [6, 6.07) is 7.58. The molecule has 0 bridgehead atoms. The summed E-state index contributed by atoms with van der Waals surface area (Å²) in [4.78, 5) is 26.5. The molecule has 0 saturated heterocycles. The standard InChI is InChI=1S/C13H11BrN4O3/c1-15-10-7-8(4-5-11(10)18(20)21)13(19)17-12-9(14)3-2-6-16-12/h2-7,15H,1H3,(H,16,17,19). The van der Waals surface area contributed by atoms with Crippen molar-refractivity contribution in [2.75, 3.05) is 17.7 Å². The van der Waals surface area contributed by atoms with Gasteiger partial charge in [-0.25, -0.2) is 4.98 Å². The molecule has 2 N–H and O–H groups in total. The van der Waals surface area contributed by atoms with Crippen molar-refractivity contribution in [1.29, 1.82) is 0 Å². The van der Waals surface area contributed by atoms with Crippen molar-refractivity contribution >= 4 is 39.0 Å². The maximum Gasteiger partial charge on any atom is 0.292 e. The van der Waals surface area contributed by atoms with Crippen LogP contribution in [0.5, 0.6) is 0 Å². The lowest BCUT2D eigenvalue weighted by Gasteiger charge is -2.08. The Morgan fingerprint density at radius 2 is 2.14 bits per heavy atom. The van der Waals surface area contributed by atoms with Crippen LogP contribution in [0.1, 0.15) is 10.4 Å². The third-order valence-corrected chi connectivity index (χ3v) is 3.36. The van der Waals surface area contributed by atoms with Crippen LogP contribution in [-0.4, -0.2) is 22.9 Å². The zero-order valence-electron chi connectivity index (χ0n) is 11.0. The number of nitrogens with one attached hydrogen (secondary N) is 2. The minimum Gasteiger partial charge on any atom is -0.383 e. The summed E-state index contributed by atoms with van der Waals surface area (Å²) in [5.41, 5.74) is 0.475. The van der Waals surface area contributed by atoms with Crippen molar-refractivity contribution in [3.63, 3.8) is 0 Å². The maximum absolute atomic E-state index is 12.1. The van der Waals surface area contributed by atoms with Gasteiger partial charge in [-0.15, -0.1) is 0 Å². The van der Waals surface area contributed by atoms with Gasteiger partial charge < -0.3 is 10.6 Å². The Morgan fingerprint density at radius 1 is 1.38 bits per heavy atom. The number of halogens is 1. The molecule has 0 unspecified atom stereocenters. The van der Waals surface area contributed by atoms with Gasteiger partial charge >= 0.3 is 0 Å². The van der Waals surface area contributed by atoms with Crippen LogP contribution in [-0.2, 0) is 0 Å². The highest BCUT2D eigenvalue weighted by Gasteiger charge is 2.16. The summed E-state index contributed by atoms with van der Waals surface area (Å²) in [5.74, 6) is -0.0207. The molecule has 2 aromatic rings. The highest BCUT2D eigenvalue weighted by molar-refractivity contribution is 9.10. The molecular weight excluding hydrogens is 340 g/mol. The second kappa shape index (κ2) is 6.31. The first-order chi connectivity index (χ1) is 10.0. The lowest BCUT2D eigenvalue weighted by molar-refractivity contribution is -0.383. The summed E-state index contributed by atoms with van der Waals surface area (Å²) in [6.45, 7) is 0. The van der Waals surface area contributed by atoms with Crippen molar-refractivity contribution in [2.24, 2.45) is 0 Å². The van der Waals surface area contributed by atoms with Gasteiger partial charge in [0.2, 0.25) is 0 Å². The fourth-order valence-corrected chi connectivity index (χ4v) is 2.05. The van der Waals surface area contributed by atoms with Crippen molar-refractivity contribution in [3.8, 4) is 0 Å². The van der Waals surface area contributed by atoms with E-state index in [-0.39, 0.29) is 11.4 Å². The molecule has 21 heavy (non-hydrogen) atoms. The van der Waals surface area contributed by atoms with Gasteiger partial charge in [0.1, 0.15) is 11.5 Å². The van der Waals surface area contributed by atoms with Crippen LogP contribution in [0.15, 0.2) is 41.0 Å². The molecule has 0 atom stereocenters. The van der Waals surface area contributed by atoms with Gasteiger partial charge in [0, 0.05) is 24.9 Å². The van der Waals surface area contributed by atoms with Crippen molar-refractivity contribution in [1.82, 2.24) is 4.98 Å². The Hall–Kier alpha value is -2.48. The van der Waals surface area contributed by atoms with Crippen LogP contribution in [0.25, 0.3) is 0 Å². The minimum absolute atomic E-state index is 0.0898. The number of hydrogen-bond acceptors (Lipinski definition) is 5. The molecule has 0 aliphatic carbocycles. The van der Waals surface area contributed by atoms with Gasteiger partial charge in [-0.05, 0) is 40.2 Å². The quantitative estimate of drug-likeness (QED) is 0.652. The maximum atomic E-state index is 12.1. The van der Waals surface area contributed by atoms with Crippen LogP contribution >= 0.6 is 15.9 Å². The number of rotatable bonds is 4. The lowest BCUT2D eigenvalue weighted by atomic mass is 10.1. The first kappa shape index (κ1) is 14.9. The first-order valence-corrected chi connectivity index (χ1v) is 6.70. The SMILES string of the molecule is CNc1cc(C(=O)Nc2ncccc2Br)ccc1[N+](=O)[O-]. The van der Waals surface area contributed by atoms with E-state index in [1.165, 1.54) is 18.2 Å². The third kappa shape index (κ3) is 3.34. The monoisotopic (exact) mass is 350 g/mol. The van der Waals surface area contributed by atoms with Gasteiger partial charge in [0.05, 0.1) is 9.40 Å². The largest absolute Gasteiger partial charge is 0.383 e. The molecule has 1 aromatic carbocycles. The number of pyridine rings is 1. The summed E-state index contributed by atoms with van der Waals surface area (Å²) >= 11 is 3.28. The Morgan fingerprint density at radius 3 is 2.76 bits per heavy atom. The van der Waals surface area contributed by atoms with E-state index in [0.717, 1.165) is 0 Å². The average molecular weight is 351 g/mol. The van der Waals surface area contributed by atoms with Gasteiger partial charge in [-0.2, -0.15) is 0 Å². The Labute approximate surface area is 128 Å². The van der Waals surface area contributed by atoms with Gasteiger partial charge in [-0.3, -0.25) is 14.9 Å². The summed E-state index contributed by atoms with van der Waals surface area (Å²) in [7, 11) is 1.55. The average Bonchev–Trinajstić information content (AvgIpc) is 2.48. The molecule has 0 aliphatic rings. The van der Waals surface area contributed by atoms with Crippen LogP contribution in [0.4, 0.5) is 17.2 Å². The molecule has 0 radical (unpaired) electrons. The van der Waals surface area contributed by atoms with Crippen molar-refractivity contribution < 1.29 is 9.72 Å². The number of carbonyl (C=O) groups excluding carboxylic acids is 1. The van der Waals surface area contributed by atoms with E-state index in [1.54, 1.807) is 25.4 Å². The fraction of sp³-hybridized carbons (Fsp3) is 0.0769. The predicted octanol–water partition coefficient (Wildman–Crippen LogP) is 3.05. The molecule has 108 valence electrons. The van der Waals surface area contributed by atoms with Crippen LogP contribution in [0.2, 0.25) is 0 Å². The summed E-state index contributed by atoms with van der Waals surface area (Å²) < 4.78 is 0.647. The molecule has 0 aliphatic heterocycles. The van der Waals surface area contributed by atoms with Crippen molar-refractivity contribution in [3.05, 3.63) is 56.7 Å². The minimum atomic E-state index is -0.511. The predicted molar refractivity (Wildman–Crippen MR) is 82.5 cm³/mol. The number of anilines is 2. The van der Waals surface area contributed by atoms with E-state index < -0.39 is 10.8 Å². The number of nitro groups is 1. The number of benzene rings is 1. The molecular formula is C13H11BrN4O3. The van der Waals surface area contributed by atoms with E-state index in [1.807, 2.05) is 0 Å². The first-order valence-electron chi connectivity index (χ1n) is 5.91. The highest BCUT2D eigenvalue weighted by Crippen LogP contribution is 2.26. The fourth-order valence-electron chi connectivity index (χ4n) is 1.69. The molecule has 1 amide bonds. The van der Waals surface area contributed by atoms with Crippen molar-refractivity contribution in [2.45, 2.75) is 0 Å². The topological polar surface area (TPSA) is 97.2 Å². The van der Waals surface area contributed by atoms with E-state index in [2.05, 4.69) is 31.5 Å². The zero-order valence-corrected chi connectivity index (χ0v) is 12.5. The number of amides is 1. The molecule has 8 heteroatoms. The Balaban J connectivity index is 2.28. The number of carbonyl (C=O) groups is 1. The van der Waals surface area contributed by atoms with E-state index >= 15 is 0 Å². The third-order valence-electron chi connectivity index (χ3n) is 2.72. The molecule has 1 aromatic heterocycles. The molecule has 7 nitrogen and oxygen atoms in total. The second-order valence-corrected chi connectivity index (χ2v) is 4.88. The van der Waals surface area contributed by atoms with E-state index in [9.17, 15) is 14.9 Å². The molecule has 0 spiro atoms. The zero-order chi connectivity index (χ0) is 15.4. The number of hydrogen-bond donors (Lipinski definition) is 2. The molecule has 1 heterocycles. The van der Waals surface area contributed by atoms with Gasteiger partial charge in [0.15, 0.2) is 0 Å². The van der Waals surface area contributed by atoms with E-state index in [0.29, 0.717) is 15.9 Å².